The van der Waals surface area contributed by atoms with Crippen LogP contribution in [0, 0.1) is 0 Å². The second-order valence-electron chi connectivity index (χ2n) is 4.63. The van der Waals surface area contributed by atoms with E-state index < -0.39 is 10.8 Å². The summed E-state index contributed by atoms with van der Waals surface area (Å²) in [6.07, 6.45) is 2.76. The Bertz CT molecular complexity index is 298. The van der Waals surface area contributed by atoms with Crippen LogP contribution in [-0.2, 0) is 15.6 Å². The van der Waals surface area contributed by atoms with Crippen molar-refractivity contribution < 1.29 is 9.00 Å². The monoisotopic (exact) mass is 244 g/mol. The van der Waals surface area contributed by atoms with Crippen LogP contribution in [0.2, 0.25) is 0 Å². The maximum Gasteiger partial charge on any atom is 0.241 e. The molecule has 2 unspecified atom stereocenters. The molecule has 92 valence electrons. The van der Waals surface area contributed by atoms with Crippen molar-refractivity contribution in [3.63, 3.8) is 0 Å². The highest BCUT2D eigenvalue weighted by molar-refractivity contribution is 7.85. The Morgan fingerprint density at radius 2 is 2.06 bits per heavy atom. The van der Waals surface area contributed by atoms with Crippen molar-refractivity contribution in [1.82, 2.24) is 10.2 Å². The van der Waals surface area contributed by atoms with Crippen LogP contribution in [-0.4, -0.2) is 44.8 Å². The number of carbonyl (C=O) groups excluding carboxylic acids is 1. The van der Waals surface area contributed by atoms with Crippen LogP contribution in [0.4, 0.5) is 0 Å². The van der Waals surface area contributed by atoms with E-state index in [0.29, 0.717) is 6.04 Å². The zero-order chi connectivity index (χ0) is 11.7. The number of rotatable bonds is 2. The third-order valence-electron chi connectivity index (χ3n) is 3.57. The van der Waals surface area contributed by atoms with E-state index in [1.54, 1.807) is 0 Å². The van der Waals surface area contributed by atoms with E-state index in [2.05, 4.69) is 5.32 Å². The average Bonchev–Trinajstić information content (AvgIpc) is 2.56. The fourth-order valence-corrected chi connectivity index (χ4v) is 3.94. The smallest absolute Gasteiger partial charge is 0.241 e. The first kappa shape index (κ1) is 12.0. The molecule has 2 rings (SSSR count). The van der Waals surface area contributed by atoms with Gasteiger partial charge in [0.1, 0.15) is 0 Å². The minimum absolute atomic E-state index is 0.0116. The van der Waals surface area contributed by atoms with Gasteiger partial charge in [0.2, 0.25) is 5.91 Å². The summed E-state index contributed by atoms with van der Waals surface area (Å²) in [5.41, 5.74) is 0. The van der Waals surface area contributed by atoms with Gasteiger partial charge in [-0.3, -0.25) is 14.3 Å². The summed E-state index contributed by atoms with van der Waals surface area (Å²) in [6.45, 7) is 4.07. The first-order valence-corrected chi connectivity index (χ1v) is 7.55. The molecule has 0 aromatic heterocycles. The first-order valence-electron chi connectivity index (χ1n) is 6.06. The van der Waals surface area contributed by atoms with Gasteiger partial charge in [-0.1, -0.05) is 6.92 Å². The van der Waals surface area contributed by atoms with Crippen molar-refractivity contribution in [2.24, 2.45) is 0 Å². The lowest BCUT2D eigenvalue weighted by molar-refractivity contribution is -0.132. The average molecular weight is 244 g/mol. The second kappa shape index (κ2) is 4.84. The summed E-state index contributed by atoms with van der Waals surface area (Å²) in [6, 6.07) is 0.284. The summed E-state index contributed by atoms with van der Waals surface area (Å²) in [5, 5.41) is 3.31. The van der Waals surface area contributed by atoms with Gasteiger partial charge in [-0.2, -0.15) is 0 Å². The van der Waals surface area contributed by atoms with Crippen molar-refractivity contribution >= 4 is 16.7 Å². The minimum atomic E-state index is -0.652. The molecule has 0 aliphatic carbocycles. The highest BCUT2D eigenvalue weighted by atomic mass is 32.2. The second-order valence-corrected chi connectivity index (χ2v) is 6.32. The van der Waals surface area contributed by atoms with Crippen molar-refractivity contribution in [2.75, 3.05) is 11.5 Å². The third-order valence-corrected chi connectivity index (χ3v) is 4.95. The Kier molecular flexibility index (Phi) is 3.64. The molecule has 0 radical (unpaired) electrons. The van der Waals surface area contributed by atoms with E-state index in [1.807, 2.05) is 18.7 Å². The minimum Gasteiger partial charge on any atom is -0.323 e. The Balaban J connectivity index is 2.03. The van der Waals surface area contributed by atoms with E-state index in [4.69, 9.17) is 0 Å². The van der Waals surface area contributed by atoms with E-state index in [1.165, 1.54) is 0 Å². The Morgan fingerprint density at radius 3 is 2.56 bits per heavy atom. The molecule has 2 aliphatic heterocycles. The molecule has 4 nitrogen and oxygen atoms in total. The van der Waals surface area contributed by atoms with Gasteiger partial charge in [-0.25, -0.2) is 0 Å². The predicted octanol–water partition coefficient (Wildman–Crippen LogP) is 0.454. The molecule has 2 saturated heterocycles. The SMILES string of the molecule is CCC1NC(C)N(C2CCS(=O)CC2)C1=O. The number of nitrogens with zero attached hydrogens (tertiary/aromatic N) is 1. The highest BCUT2D eigenvalue weighted by Crippen LogP contribution is 2.23. The molecule has 0 saturated carbocycles. The van der Waals surface area contributed by atoms with Crippen LogP contribution >= 0.6 is 0 Å². The Hall–Kier alpha value is -0.420. The lowest BCUT2D eigenvalue weighted by Gasteiger charge is -2.33. The topological polar surface area (TPSA) is 49.4 Å². The van der Waals surface area contributed by atoms with Crippen molar-refractivity contribution in [2.45, 2.75) is 51.4 Å². The molecule has 0 aromatic rings. The molecule has 0 spiro atoms. The van der Waals surface area contributed by atoms with E-state index in [0.717, 1.165) is 30.8 Å². The van der Waals surface area contributed by atoms with Crippen LogP contribution in [0.1, 0.15) is 33.1 Å². The lowest BCUT2D eigenvalue weighted by atomic mass is 10.1. The third kappa shape index (κ3) is 2.15. The van der Waals surface area contributed by atoms with Gasteiger partial charge in [0, 0.05) is 28.3 Å². The largest absolute Gasteiger partial charge is 0.323 e. The number of hydrogen-bond donors (Lipinski definition) is 1. The standard InChI is InChI=1S/C11H20N2O2S/c1-3-10-11(14)13(8(2)12-10)9-4-6-16(15)7-5-9/h8-10,12H,3-7H2,1-2H3. The molecule has 0 aromatic carbocycles. The molecule has 1 amide bonds. The number of hydrogen-bond acceptors (Lipinski definition) is 3. The number of amides is 1. The molecule has 2 atom stereocenters. The van der Waals surface area contributed by atoms with Crippen molar-refractivity contribution in [3.8, 4) is 0 Å². The fraction of sp³-hybridized carbons (Fsp3) is 0.909. The lowest BCUT2D eigenvalue weighted by Crippen LogP contribution is -2.46. The number of carbonyl (C=O) groups is 1. The fourth-order valence-electron chi connectivity index (χ4n) is 2.66. The van der Waals surface area contributed by atoms with Gasteiger partial charge >= 0.3 is 0 Å². The molecular formula is C11H20N2O2S. The zero-order valence-corrected chi connectivity index (χ0v) is 10.8. The van der Waals surface area contributed by atoms with E-state index in [-0.39, 0.29) is 18.1 Å². The molecule has 1 N–H and O–H groups in total. The molecule has 16 heavy (non-hydrogen) atoms. The van der Waals surface area contributed by atoms with Crippen LogP contribution in [0.5, 0.6) is 0 Å². The molecule has 2 heterocycles. The van der Waals surface area contributed by atoms with Gasteiger partial charge in [0.25, 0.3) is 0 Å². The summed E-state index contributed by atoms with van der Waals surface area (Å²) in [4.78, 5) is 14.1. The molecule has 5 heteroatoms. The van der Waals surface area contributed by atoms with Gasteiger partial charge in [-0.15, -0.1) is 0 Å². The van der Waals surface area contributed by atoms with Crippen LogP contribution in [0.25, 0.3) is 0 Å². The quantitative estimate of drug-likeness (QED) is 0.767. The molecule has 2 fully saturated rings. The van der Waals surface area contributed by atoms with Gasteiger partial charge in [0.15, 0.2) is 0 Å². The molecule has 0 bridgehead atoms. The normalized spacial score (nSPS) is 40.4. The Morgan fingerprint density at radius 1 is 1.44 bits per heavy atom. The highest BCUT2D eigenvalue weighted by Gasteiger charge is 2.40. The van der Waals surface area contributed by atoms with Gasteiger partial charge < -0.3 is 4.90 Å². The first-order chi connectivity index (χ1) is 7.63. The zero-order valence-electron chi connectivity index (χ0n) is 9.94. The van der Waals surface area contributed by atoms with Crippen molar-refractivity contribution in [3.05, 3.63) is 0 Å². The van der Waals surface area contributed by atoms with E-state index >= 15 is 0 Å². The summed E-state index contributed by atoms with van der Waals surface area (Å²) in [7, 11) is -0.652. The van der Waals surface area contributed by atoms with Gasteiger partial charge in [0.05, 0.1) is 12.2 Å². The summed E-state index contributed by atoms with van der Waals surface area (Å²) in [5.74, 6) is 1.73. The maximum atomic E-state index is 12.1. The number of nitrogens with one attached hydrogen (secondary N) is 1. The van der Waals surface area contributed by atoms with Crippen LogP contribution < -0.4 is 5.32 Å². The van der Waals surface area contributed by atoms with Crippen LogP contribution in [0.15, 0.2) is 0 Å². The van der Waals surface area contributed by atoms with E-state index in [9.17, 15) is 9.00 Å². The van der Waals surface area contributed by atoms with Gasteiger partial charge in [-0.05, 0) is 26.2 Å². The van der Waals surface area contributed by atoms with Crippen molar-refractivity contribution in [1.29, 1.82) is 0 Å². The Labute approximate surface area is 99.2 Å². The molecular weight excluding hydrogens is 224 g/mol. The molecule has 2 aliphatic rings. The maximum absolute atomic E-state index is 12.1. The summed E-state index contributed by atoms with van der Waals surface area (Å²) >= 11 is 0. The van der Waals surface area contributed by atoms with Crippen LogP contribution in [0.3, 0.4) is 0 Å². The summed E-state index contributed by atoms with van der Waals surface area (Å²) < 4.78 is 11.3. The predicted molar refractivity (Wildman–Crippen MR) is 64.4 cm³/mol.